The van der Waals surface area contributed by atoms with Gasteiger partial charge in [0.05, 0.1) is 11.9 Å². The van der Waals surface area contributed by atoms with Gasteiger partial charge < -0.3 is 9.73 Å². The number of thiophene rings is 1. The van der Waals surface area contributed by atoms with Crippen LogP contribution in [0.15, 0.2) is 33.6 Å². The lowest BCUT2D eigenvalue weighted by atomic mass is 9.82. The molecule has 0 atom stereocenters. The summed E-state index contributed by atoms with van der Waals surface area (Å²) in [7, 11) is 0. The van der Waals surface area contributed by atoms with Crippen LogP contribution in [0.1, 0.15) is 53.7 Å². The molecule has 1 N–H and O–H groups in total. The van der Waals surface area contributed by atoms with Crippen molar-refractivity contribution in [1.82, 2.24) is 25.5 Å². The summed E-state index contributed by atoms with van der Waals surface area (Å²) in [5, 5.41) is 15.4. The molecule has 0 unspecified atom stereocenters. The molecule has 0 aromatic carbocycles. The Morgan fingerprint density at radius 1 is 1.22 bits per heavy atom. The smallest absolute Gasteiger partial charge is 0.271 e. The first-order valence-electron chi connectivity index (χ1n) is 9.12. The third-order valence-corrected chi connectivity index (χ3v) is 5.65. The van der Waals surface area contributed by atoms with Gasteiger partial charge in [-0.2, -0.15) is 11.3 Å². The van der Waals surface area contributed by atoms with Gasteiger partial charge in [-0.05, 0) is 50.0 Å². The molecule has 0 radical (unpaired) electrons. The predicted molar refractivity (Wildman–Crippen MR) is 101 cm³/mol. The van der Waals surface area contributed by atoms with E-state index in [1.807, 2.05) is 23.8 Å². The molecule has 3 aromatic rings. The number of aryl methyl sites for hydroxylation is 1. The Labute approximate surface area is 161 Å². The molecule has 1 fully saturated rings. The first kappa shape index (κ1) is 17.8. The van der Waals surface area contributed by atoms with Crippen LogP contribution in [-0.4, -0.2) is 32.6 Å². The van der Waals surface area contributed by atoms with Crippen molar-refractivity contribution >= 4 is 17.2 Å². The zero-order valence-electron chi connectivity index (χ0n) is 15.1. The molecule has 27 heavy (non-hydrogen) atoms. The lowest BCUT2D eigenvalue weighted by Gasteiger charge is -2.26. The van der Waals surface area contributed by atoms with Crippen LogP contribution in [0, 0.1) is 12.8 Å². The maximum atomic E-state index is 12.2. The highest BCUT2D eigenvalue weighted by Gasteiger charge is 2.27. The molecule has 1 amide bonds. The summed E-state index contributed by atoms with van der Waals surface area (Å²) in [6.07, 6.45) is 7.17. The maximum absolute atomic E-state index is 12.2. The van der Waals surface area contributed by atoms with E-state index in [0.717, 1.165) is 42.8 Å². The first-order valence-corrected chi connectivity index (χ1v) is 10.1. The van der Waals surface area contributed by atoms with Crippen molar-refractivity contribution in [2.45, 2.75) is 38.5 Å². The summed E-state index contributed by atoms with van der Waals surface area (Å²) in [6, 6.07) is 1.99. The van der Waals surface area contributed by atoms with E-state index in [0.29, 0.717) is 30.0 Å². The Morgan fingerprint density at radius 2 is 2.07 bits per heavy atom. The molecule has 0 aliphatic heterocycles. The van der Waals surface area contributed by atoms with Crippen molar-refractivity contribution < 1.29 is 9.21 Å². The van der Waals surface area contributed by atoms with Crippen molar-refractivity contribution in [1.29, 1.82) is 0 Å². The molecule has 1 aliphatic carbocycles. The van der Waals surface area contributed by atoms with E-state index >= 15 is 0 Å². The van der Waals surface area contributed by atoms with Crippen molar-refractivity contribution in [3.63, 3.8) is 0 Å². The van der Waals surface area contributed by atoms with E-state index in [-0.39, 0.29) is 5.91 Å². The van der Waals surface area contributed by atoms with Crippen LogP contribution in [0.25, 0.3) is 11.5 Å². The minimum Gasteiger partial charge on any atom is -0.420 e. The molecule has 140 valence electrons. The van der Waals surface area contributed by atoms with Crippen LogP contribution in [0.4, 0.5) is 0 Å². The van der Waals surface area contributed by atoms with Crippen molar-refractivity contribution in [2.75, 3.05) is 6.54 Å². The van der Waals surface area contributed by atoms with Gasteiger partial charge in [0, 0.05) is 29.6 Å². The second-order valence-electron chi connectivity index (χ2n) is 6.93. The van der Waals surface area contributed by atoms with E-state index in [4.69, 9.17) is 4.42 Å². The highest BCUT2D eigenvalue weighted by atomic mass is 32.1. The molecular weight excluding hydrogens is 362 g/mol. The topological polar surface area (TPSA) is 93.8 Å². The Hall–Kier alpha value is -2.61. The average Bonchev–Trinajstić information content (AvgIpc) is 3.39. The fourth-order valence-corrected chi connectivity index (χ4v) is 3.98. The molecule has 1 saturated carbocycles. The second kappa shape index (κ2) is 7.96. The number of amides is 1. The summed E-state index contributed by atoms with van der Waals surface area (Å²) in [4.78, 5) is 20.4. The first-order chi connectivity index (χ1) is 13.2. The van der Waals surface area contributed by atoms with Gasteiger partial charge in [-0.1, -0.05) is 0 Å². The lowest BCUT2D eigenvalue weighted by molar-refractivity contribution is 0.0937. The lowest BCUT2D eigenvalue weighted by Crippen LogP contribution is -2.31. The van der Waals surface area contributed by atoms with E-state index in [1.54, 1.807) is 17.5 Å². The number of hydrogen-bond acceptors (Lipinski definition) is 7. The molecule has 7 nitrogen and oxygen atoms in total. The third kappa shape index (κ3) is 4.21. The van der Waals surface area contributed by atoms with Crippen molar-refractivity contribution in [3.8, 4) is 11.5 Å². The standard InChI is InChI=1S/C19H21N5O2S/c1-12-8-21-16(10-20-12)17(25)22-9-13-2-4-14(5-3-13)18-23-24-19(26-18)15-6-7-27-11-15/h6-8,10-11,13-14H,2-5,9H2,1H3,(H,22,25). The molecule has 8 heteroatoms. The normalized spacial score (nSPS) is 19.7. The summed E-state index contributed by atoms with van der Waals surface area (Å²) >= 11 is 1.62. The number of rotatable bonds is 5. The van der Waals surface area contributed by atoms with Crippen LogP contribution >= 0.6 is 11.3 Å². The number of nitrogens with one attached hydrogen (secondary N) is 1. The van der Waals surface area contributed by atoms with E-state index in [1.165, 1.54) is 6.20 Å². The number of carbonyl (C=O) groups excluding carboxylic acids is 1. The number of carbonyl (C=O) groups is 1. The predicted octanol–water partition coefficient (Wildman–Crippen LogP) is 3.60. The van der Waals surface area contributed by atoms with Gasteiger partial charge >= 0.3 is 0 Å². The molecule has 0 bridgehead atoms. The van der Waals surface area contributed by atoms with Crippen molar-refractivity contribution in [2.24, 2.45) is 5.92 Å². The second-order valence-corrected chi connectivity index (χ2v) is 7.71. The minimum absolute atomic E-state index is 0.165. The molecule has 0 spiro atoms. The molecule has 0 saturated heterocycles. The molecule has 3 heterocycles. The van der Waals surface area contributed by atoms with Crippen LogP contribution in [0.3, 0.4) is 0 Å². The van der Waals surface area contributed by atoms with E-state index in [9.17, 15) is 4.79 Å². The van der Waals surface area contributed by atoms with Crippen LogP contribution in [0.5, 0.6) is 0 Å². The Bertz CT molecular complexity index is 883. The Morgan fingerprint density at radius 3 is 2.78 bits per heavy atom. The fraction of sp³-hybridized carbons (Fsp3) is 0.421. The highest BCUT2D eigenvalue weighted by molar-refractivity contribution is 7.08. The van der Waals surface area contributed by atoms with Gasteiger partial charge in [0.25, 0.3) is 5.91 Å². The molecule has 4 rings (SSSR count). The molecular formula is C19H21N5O2S. The third-order valence-electron chi connectivity index (χ3n) is 4.97. The van der Waals surface area contributed by atoms with Gasteiger partial charge in [-0.3, -0.25) is 9.78 Å². The zero-order chi connectivity index (χ0) is 18.6. The molecule has 1 aliphatic rings. The van der Waals surface area contributed by atoms with Gasteiger partial charge in [-0.15, -0.1) is 10.2 Å². The Balaban J connectivity index is 1.26. The molecule has 3 aromatic heterocycles. The van der Waals surface area contributed by atoms with E-state index < -0.39 is 0 Å². The van der Waals surface area contributed by atoms with Crippen LogP contribution in [0.2, 0.25) is 0 Å². The number of hydrogen-bond donors (Lipinski definition) is 1. The summed E-state index contributed by atoms with van der Waals surface area (Å²) in [6.45, 7) is 2.50. The summed E-state index contributed by atoms with van der Waals surface area (Å²) in [5.41, 5.74) is 2.14. The highest BCUT2D eigenvalue weighted by Crippen LogP contribution is 2.36. The maximum Gasteiger partial charge on any atom is 0.271 e. The SMILES string of the molecule is Cc1cnc(C(=O)NCC2CCC(c3nnc(-c4ccsc4)o3)CC2)cn1. The van der Waals surface area contributed by atoms with Gasteiger partial charge in [0.1, 0.15) is 5.69 Å². The Kier molecular flexibility index (Phi) is 5.24. The zero-order valence-corrected chi connectivity index (χ0v) is 15.9. The van der Waals surface area contributed by atoms with Crippen LogP contribution < -0.4 is 5.32 Å². The monoisotopic (exact) mass is 383 g/mol. The van der Waals surface area contributed by atoms with Gasteiger partial charge in [0.2, 0.25) is 11.8 Å². The number of nitrogens with zero attached hydrogens (tertiary/aromatic N) is 4. The fourth-order valence-electron chi connectivity index (χ4n) is 3.35. The quantitative estimate of drug-likeness (QED) is 0.723. The van der Waals surface area contributed by atoms with Gasteiger partial charge in [0.15, 0.2) is 0 Å². The summed E-state index contributed by atoms with van der Waals surface area (Å²) in [5.74, 6) is 1.93. The van der Waals surface area contributed by atoms with Crippen molar-refractivity contribution in [3.05, 3.63) is 46.5 Å². The summed E-state index contributed by atoms with van der Waals surface area (Å²) < 4.78 is 5.87. The minimum atomic E-state index is -0.165. The van der Waals surface area contributed by atoms with E-state index in [2.05, 4.69) is 25.5 Å². The largest absolute Gasteiger partial charge is 0.420 e. The van der Waals surface area contributed by atoms with Gasteiger partial charge in [-0.25, -0.2) is 4.98 Å². The average molecular weight is 383 g/mol. The van der Waals surface area contributed by atoms with Crippen LogP contribution in [-0.2, 0) is 0 Å². The number of aromatic nitrogens is 4.